The Kier molecular flexibility index (Phi) is 2.67. The van der Waals surface area contributed by atoms with Gasteiger partial charge in [-0.15, -0.1) is 11.3 Å². The zero-order valence-corrected chi connectivity index (χ0v) is 8.88. The average molecular weight is 211 g/mol. The van der Waals surface area contributed by atoms with E-state index in [0.29, 0.717) is 0 Å². The molecule has 1 fully saturated rings. The van der Waals surface area contributed by atoms with Crippen LogP contribution < -0.4 is 5.32 Å². The quantitative estimate of drug-likeness (QED) is 0.825. The number of carbonyl (C=O) groups is 1. The van der Waals surface area contributed by atoms with E-state index in [9.17, 15) is 4.79 Å². The topological polar surface area (TPSA) is 45.2 Å². The molecule has 0 aromatic carbocycles. The molecule has 0 aliphatic carbocycles. The van der Waals surface area contributed by atoms with Gasteiger partial charge in [0.15, 0.2) is 0 Å². The van der Waals surface area contributed by atoms with E-state index in [-0.39, 0.29) is 12.1 Å². The first kappa shape index (κ1) is 9.45. The number of hydrogen-bond donors (Lipinski definition) is 1. The van der Waals surface area contributed by atoms with E-state index in [1.54, 1.807) is 17.5 Å². The van der Waals surface area contributed by atoms with Crippen LogP contribution in [0.5, 0.6) is 0 Å². The van der Waals surface area contributed by atoms with Crippen LogP contribution in [0.1, 0.15) is 24.4 Å². The van der Waals surface area contributed by atoms with Gasteiger partial charge in [0.1, 0.15) is 5.01 Å². The van der Waals surface area contributed by atoms with Gasteiger partial charge in [-0.2, -0.15) is 0 Å². The zero-order chi connectivity index (χ0) is 9.97. The van der Waals surface area contributed by atoms with Crippen LogP contribution in [-0.2, 0) is 0 Å². The standard InChI is InChI=1S/C9H13N3OS/c1-2-7(8-10-4-6-14-8)12-5-3-11-9(12)13/h4,6-7H,2-3,5H2,1H3,(H,11,13). The lowest BCUT2D eigenvalue weighted by atomic mass is 10.2. The van der Waals surface area contributed by atoms with Crippen molar-refractivity contribution in [2.45, 2.75) is 19.4 Å². The van der Waals surface area contributed by atoms with Crippen LogP contribution in [0.4, 0.5) is 4.79 Å². The number of rotatable bonds is 3. The smallest absolute Gasteiger partial charge is 0.318 e. The monoisotopic (exact) mass is 211 g/mol. The van der Waals surface area contributed by atoms with Crippen molar-refractivity contribution in [1.82, 2.24) is 15.2 Å². The summed E-state index contributed by atoms with van der Waals surface area (Å²) in [6.07, 6.45) is 2.71. The summed E-state index contributed by atoms with van der Waals surface area (Å²) in [6, 6.07) is 0.185. The Bertz CT molecular complexity index is 312. The number of thiazole rings is 1. The van der Waals surface area contributed by atoms with Gasteiger partial charge in [0, 0.05) is 24.7 Å². The minimum atomic E-state index is 0.0343. The van der Waals surface area contributed by atoms with Crippen molar-refractivity contribution in [2.24, 2.45) is 0 Å². The molecule has 0 saturated carbocycles. The summed E-state index contributed by atoms with van der Waals surface area (Å²) >= 11 is 1.61. The summed E-state index contributed by atoms with van der Waals surface area (Å²) in [4.78, 5) is 17.6. The highest BCUT2D eigenvalue weighted by Crippen LogP contribution is 2.26. The first-order valence-corrected chi connectivity index (χ1v) is 5.64. The summed E-state index contributed by atoms with van der Waals surface area (Å²) in [5.74, 6) is 0. The molecule has 1 unspecified atom stereocenters. The fraction of sp³-hybridized carbons (Fsp3) is 0.556. The number of aromatic nitrogens is 1. The fourth-order valence-electron chi connectivity index (χ4n) is 1.71. The molecule has 1 aliphatic heterocycles. The molecule has 1 saturated heterocycles. The Hall–Kier alpha value is -1.10. The van der Waals surface area contributed by atoms with E-state index in [1.807, 2.05) is 10.3 Å². The highest BCUT2D eigenvalue weighted by atomic mass is 32.1. The van der Waals surface area contributed by atoms with E-state index in [2.05, 4.69) is 17.2 Å². The van der Waals surface area contributed by atoms with Crippen LogP contribution in [0.3, 0.4) is 0 Å². The number of nitrogens with zero attached hydrogens (tertiary/aromatic N) is 2. The maximum atomic E-state index is 11.5. The molecule has 1 aromatic rings. The normalized spacial score (nSPS) is 18.4. The van der Waals surface area contributed by atoms with Crippen LogP contribution in [0.2, 0.25) is 0 Å². The third-order valence-electron chi connectivity index (χ3n) is 2.39. The van der Waals surface area contributed by atoms with Crippen molar-refractivity contribution in [3.05, 3.63) is 16.6 Å². The second-order valence-electron chi connectivity index (χ2n) is 3.22. The van der Waals surface area contributed by atoms with E-state index in [4.69, 9.17) is 0 Å². The summed E-state index contributed by atoms with van der Waals surface area (Å²) in [5, 5.41) is 5.79. The van der Waals surface area contributed by atoms with Crippen molar-refractivity contribution in [2.75, 3.05) is 13.1 Å². The molecule has 1 N–H and O–H groups in total. The maximum absolute atomic E-state index is 11.5. The van der Waals surface area contributed by atoms with E-state index in [0.717, 1.165) is 24.5 Å². The molecule has 1 aliphatic rings. The number of urea groups is 1. The molecule has 2 heterocycles. The Morgan fingerprint density at radius 2 is 2.64 bits per heavy atom. The molecule has 5 heteroatoms. The number of nitrogens with one attached hydrogen (secondary N) is 1. The number of amides is 2. The Morgan fingerprint density at radius 1 is 1.79 bits per heavy atom. The third kappa shape index (κ3) is 1.59. The van der Waals surface area contributed by atoms with Gasteiger partial charge in [0.25, 0.3) is 0 Å². The van der Waals surface area contributed by atoms with Gasteiger partial charge in [0.05, 0.1) is 6.04 Å². The molecule has 4 nitrogen and oxygen atoms in total. The largest absolute Gasteiger partial charge is 0.336 e. The summed E-state index contributed by atoms with van der Waals surface area (Å²) in [5.41, 5.74) is 0. The molecule has 2 rings (SSSR count). The van der Waals surface area contributed by atoms with Crippen LogP contribution in [0.15, 0.2) is 11.6 Å². The van der Waals surface area contributed by atoms with Crippen molar-refractivity contribution in [1.29, 1.82) is 0 Å². The molecule has 0 bridgehead atoms. The molecule has 2 amide bonds. The lowest BCUT2D eigenvalue weighted by molar-refractivity contribution is 0.196. The Balaban J connectivity index is 2.17. The Morgan fingerprint density at radius 3 is 3.14 bits per heavy atom. The molecule has 1 aromatic heterocycles. The lowest BCUT2D eigenvalue weighted by Gasteiger charge is -2.23. The summed E-state index contributed by atoms with van der Waals surface area (Å²) in [7, 11) is 0. The predicted octanol–water partition coefficient (Wildman–Crippen LogP) is 1.62. The minimum absolute atomic E-state index is 0.0343. The fourth-order valence-corrected chi connectivity index (χ4v) is 2.54. The summed E-state index contributed by atoms with van der Waals surface area (Å²) in [6.45, 7) is 3.62. The Labute approximate surface area is 86.9 Å². The number of hydrogen-bond acceptors (Lipinski definition) is 3. The molecule has 0 spiro atoms. The predicted molar refractivity (Wildman–Crippen MR) is 55.3 cm³/mol. The molecule has 76 valence electrons. The van der Waals surface area contributed by atoms with E-state index >= 15 is 0 Å². The van der Waals surface area contributed by atoms with Crippen molar-refractivity contribution in [3.8, 4) is 0 Å². The maximum Gasteiger partial charge on any atom is 0.318 e. The number of carbonyl (C=O) groups excluding carboxylic acids is 1. The molecule has 1 atom stereocenters. The highest BCUT2D eigenvalue weighted by molar-refractivity contribution is 7.09. The van der Waals surface area contributed by atoms with Gasteiger partial charge in [-0.3, -0.25) is 0 Å². The van der Waals surface area contributed by atoms with Gasteiger partial charge in [-0.25, -0.2) is 9.78 Å². The van der Waals surface area contributed by atoms with Gasteiger partial charge in [-0.1, -0.05) is 6.92 Å². The zero-order valence-electron chi connectivity index (χ0n) is 8.06. The lowest BCUT2D eigenvalue weighted by Crippen LogP contribution is -2.31. The van der Waals surface area contributed by atoms with Gasteiger partial charge in [-0.05, 0) is 6.42 Å². The third-order valence-corrected chi connectivity index (χ3v) is 3.27. The van der Waals surface area contributed by atoms with Gasteiger partial charge in [0.2, 0.25) is 0 Å². The average Bonchev–Trinajstić information content (AvgIpc) is 2.80. The SMILES string of the molecule is CCC(c1nccs1)N1CCNC1=O. The van der Waals surface area contributed by atoms with Crippen LogP contribution in [0, 0.1) is 0 Å². The second kappa shape index (κ2) is 3.96. The van der Waals surface area contributed by atoms with Crippen LogP contribution in [-0.4, -0.2) is 29.0 Å². The van der Waals surface area contributed by atoms with E-state index < -0.39 is 0 Å². The van der Waals surface area contributed by atoms with Crippen molar-refractivity contribution >= 4 is 17.4 Å². The molecular formula is C9H13N3OS. The first-order valence-electron chi connectivity index (χ1n) is 4.76. The molecule has 14 heavy (non-hydrogen) atoms. The summed E-state index contributed by atoms with van der Waals surface area (Å²) < 4.78 is 0. The van der Waals surface area contributed by atoms with Crippen LogP contribution >= 0.6 is 11.3 Å². The molecule has 0 radical (unpaired) electrons. The first-order chi connectivity index (χ1) is 6.83. The van der Waals surface area contributed by atoms with Gasteiger partial charge >= 0.3 is 6.03 Å². The van der Waals surface area contributed by atoms with Crippen molar-refractivity contribution in [3.63, 3.8) is 0 Å². The van der Waals surface area contributed by atoms with Crippen molar-refractivity contribution < 1.29 is 4.79 Å². The van der Waals surface area contributed by atoms with Crippen LogP contribution in [0.25, 0.3) is 0 Å². The second-order valence-corrected chi connectivity index (χ2v) is 4.15. The molecular weight excluding hydrogens is 198 g/mol. The highest BCUT2D eigenvalue weighted by Gasteiger charge is 2.28. The van der Waals surface area contributed by atoms with E-state index in [1.165, 1.54) is 0 Å². The minimum Gasteiger partial charge on any atom is -0.336 e. The van der Waals surface area contributed by atoms with Gasteiger partial charge < -0.3 is 10.2 Å².